The largest absolute Gasteiger partial charge is 0.481 e. The number of halogens is 1. The molecule has 0 aliphatic carbocycles. The molecule has 0 saturated carbocycles. The molecule has 0 aromatic carbocycles. The van der Waals surface area contributed by atoms with Crippen LogP contribution in [0.4, 0.5) is 0 Å². The van der Waals surface area contributed by atoms with Crippen LogP contribution in [0, 0.1) is 0 Å². The summed E-state index contributed by atoms with van der Waals surface area (Å²) in [5.74, 6) is -2.97. The molecule has 1 heterocycles. The summed E-state index contributed by atoms with van der Waals surface area (Å²) in [6, 6.07) is 1.77. The van der Waals surface area contributed by atoms with Gasteiger partial charge in [0, 0.05) is 6.42 Å². The number of thiophene rings is 1. The lowest BCUT2D eigenvalue weighted by molar-refractivity contribution is -0.140. The molecule has 0 spiro atoms. The predicted molar refractivity (Wildman–Crippen MR) is 65.1 cm³/mol. The van der Waals surface area contributed by atoms with Crippen molar-refractivity contribution in [3.05, 3.63) is 21.3 Å². The van der Waals surface area contributed by atoms with Crippen LogP contribution in [0.5, 0.6) is 0 Å². The zero-order valence-corrected chi connectivity index (χ0v) is 10.6. The van der Waals surface area contributed by atoms with E-state index in [1.165, 1.54) is 12.1 Å². The van der Waals surface area contributed by atoms with Gasteiger partial charge in [-0.25, -0.2) is 4.79 Å². The third-order valence-corrected chi connectivity index (χ3v) is 3.28. The second-order valence-electron chi connectivity index (χ2n) is 3.40. The van der Waals surface area contributed by atoms with Crippen molar-refractivity contribution in [3.63, 3.8) is 0 Å². The molecule has 18 heavy (non-hydrogen) atoms. The maximum atomic E-state index is 11.6. The molecule has 0 aliphatic rings. The first-order valence-electron chi connectivity index (χ1n) is 4.91. The van der Waals surface area contributed by atoms with E-state index in [2.05, 4.69) is 5.32 Å². The maximum Gasteiger partial charge on any atom is 0.326 e. The first-order valence-corrected chi connectivity index (χ1v) is 6.10. The second-order valence-corrected chi connectivity index (χ2v) is 5.12. The smallest absolute Gasteiger partial charge is 0.326 e. The molecule has 1 atom stereocenters. The average Bonchev–Trinajstić information content (AvgIpc) is 2.70. The number of carboxylic acid groups (broad SMARTS) is 2. The molecule has 98 valence electrons. The molecular weight excluding hydrogens is 282 g/mol. The van der Waals surface area contributed by atoms with E-state index >= 15 is 0 Å². The molecule has 0 saturated heterocycles. The van der Waals surface area contributed by atoms with E-state index in [0.717, 1.165) is 11.3 Å². The lowest BCUT2D eigenvalue weighted by Crippen LogP contribution is -2.40. The minimum absolute atomic E-state index is 0.171. The molecule has 1 amide bonds. The number of carbonyl (C=O) groups is 3. The molecular formula is C10H10ClNO5S. The molecule has 0 radical (unpaired) electrons. The van der Waals surface area contributed by atoms with Crippen molar-refractivity contribution in [2.24, 2.45) is 0 Å². The van der Waals surface area contributed by atoms with Crippen molar-refractivity contribution >= 4 is 40.8 Å². The summed E-state index contributed by atoms with van der Waals surface area (Å²) >= 11 is 6.67. The Hall–Kier alpha value is -1.60. The Labute approximate surface area is 111 Å². The molecule has 0 aliphatic heterocycles. The normalized spacial score (nSPS) is 11.8. The second kappa shape index (κ2) is 6.36. The zero-order valence-electron chi connectivity index (χ0n) is 9.05. The SMILES string of the molecule is O=C(O)CC[C@H](NC(=O)c1ccc(Cl)s1)C(=O)O. The van der Waals surface area contributed by atoms with Gasteiger partial charge in [0.1, 0.15) is 6.04 Å². The first kappa shape index (κ1) is 14.5. The van der Waals surface area contributed by atoms with Gasteiger partial charge >= 0.3 is 11.9 Å². The van der Waals surface area contributed by atoms with Crippen molar-refractivity contribution in [3.8, 4) is 0 Å². The lowest BCUT2D eigenvalue weighted by atomic mass is 10.1. The quantitative estimate of drug-likeness (QED) is 0.736. The van der Waals surface area contributed by atoms with Gasteiger partial charge in [0.25, 0.3) is 5.91 Å². The van der Waals surface area contributed by atoms with E-state index in [0.29, 0.717) is 4.34 Å². The van der Waals surface area contributed by atoms with Gasteiger partial charge in [-0.3, -0.25) is 9.59 Å². The molecule has 8 heteroatoms. The number of rotatable bonds is 6. The Morgan fingerprint density at radius 1 is 1.33 bits per heavy atom. The van der Waals surface area contributed by atoms with Gasteiger partial charge in [-0.1, -0.05) is 11.6 Å². The first-order chi connectivity index (χ1) is 8.40. The van der Waals surface area contributed by atoms with Gasteiger partial charge in [-0.2, -0.15) is 0 Å². The molecule has 6 nitrogen and oxygen atoms in total. The molecule has 3 N–H and O–H groups in total. The Balaban J connectivity index is 2.63. The van der Waals surface area contributed by atoms with E-state index in [9.17, 15) is 14.4 Å². The standard InChI is InChI=1S/C10H10ClNO5S/c11-7-3-2-6(18-7)9(15)12-5(10(16)17)1-4-8(13)14/h2-3,5H,1,4H2,(H,12,15)(H,13,14)(H,16,17)/t5-/m0/s1. The number of hydrogen-bond acceptors (Lipinski definition) is 4. The Morgan fingerprint density at radius 3 is 2.44 bits per heavy atom. The highest BCUT2D eigenvalue weighted by Crippen LogP contribution is 2.21. The van der Waals surface area contributed by atoms with Gasteiger partial charge in [0.2, 0.25) is 0 Å². The average molecular weight is 292 g/mol. The van der Waals surface area contributed by atoms with E-state index in [1.807, 2.05) is 0 Å². The molecule has 1 rings (SSSR count). The summed E-state index contributed by atoms with van der Waals surface area (Å²) in [6.45, 7) is 0. The number of nitrogens with one attached hydrogen (secondary N) is 1. The lowest BCUT2D eigenvalue weighted by Gasteiger charge is -2.12. The van der Waals surface area contributed by atoms with Crippen molar-refractivity contribution in [2.45, 2.75) is 18.9 Å². The minimum Gasteiger partial charge on any atom is -0.481 e. The molecule has 1 aromatic rings. The Kier molecular flexibility index (Phi) is 5.11. The summed E-state index contributed by atoms with van der Waals surface area (Å²) in [6.07, 6.45) is -0.502. The number of carbonyl (C=O) groups excluding carboxylic acids is 1. The summed E-state index contributed by atoms with van der Waals surface area (Å²) in [4.78, 5) is 33.1. The van der Waals surface area contributed by atoms with Crippen LogP contribution in [0.2, 0.25) is 4.34 Å². The highest BCUT2D eigenvalue weighted by atomic mass is 35.5. The number of hydrogen-bond donors (Lipinski definition) is 3. The van der Waals surface area contributed by atoms with Crippen molar-refractivity contribution in [1.82, 2.24) is 5.32 Å². The van der Waals surface area contributed by atoms with Gasteiger partial charge in [0.05, 0.1) is 9.21 Å². The van der Waals surface area contributed by atoms with Crippen LogP contribution >= 0.6 is 22.9 Å². The van der Waals surface area contributed by atoms with Crippen LogP contribution < -0.4 is 5.32 Å². The summed E-state index contributed by atoms with van der Waals surface area (Å²) in [5, 5.41) is 19.6. The zero-order chi connectivity index (χ0) is 13.7. The Morgan fingerprint density at radius 2 is 2.00 bits per heavy atom. The predicted octanol–water partition coefficient (Wildman–Crippen LogP) is 1.45. The third kappa shape index (κ3) is 4.34. The summed E-state index contributed by atoms with van der Waals surface area (Å²) in [5.41, 5.74) is 0. The van der Waals surface area contributed by atoms with Crippen molar-refractivity contribution in [2.75, 3.05) is 0 Å². The monoisotopic (exact) mass is 291 g/mol. The third-order valence-electron chi connectivity index (χ3n) is 2.05. The number of aliphatic carboxylic acids is 2. The highest BCUT2D eigenvalue weighted by molar-refractivity contribution is 7.18. The Bertz CT molecular complexity index is 473. The van der Waals surface area contributed by atoms with Gasteiger partial charge in [0.15, 0.2) is 0 Å². The number of amides is 1. The van der Waals surface area contributed by atoms with E-state index in [4.69, 9.17) is 21.8 Å². The van der Waals surface area contributed by atoms with Crippen molar-refractivity contribution in [1.29, 1.82) is 0 Å². The topological polar surface area (TPSA) is 104 Å². The van der Waals surface area contributed by atoms with Crippen LogP contribution in [0.25, 0.3) is 0 Å². The molecule has 0 unspecified atom stereocenters. The fourth-order valence-corrected chi connectivity index (χ4v) is 2.14. The van der Waals surface area contributed by atoms with E-state index in [1.54, 1.807) is 0 Å². The highest BCUT2D eigenvalue weighted by Gasteiger charge is 2.22. The fourth-order valence-electron chi connectivity index (χ4n) is 1.19. The number of carboxylic acids is 2. The van der Waals surface area contributed by atoms with Crippen LogP contribution in [-0.2, 0) is 9.59 Å². The molecule has 1 aromatic heterocycles. The van der Waals surface area contributed by atoms with Crippen LogP contribution in [0.1, 0.15) is 22.5 Å². The fraction of sp³-hybridized carbons (Fsp3) is 0.300. The minimum atomic E-state index is -1.27. The summed E-state index contributed by atoms with van der Waals surface area (Å²) in [7, 11) is 0. The molecule has 0 bridgehead atoms. The van der Waals surface area contributed by atoms with E-state index < -0.39 is 23.9 Å². The van der Waals surface area contributed by atoms with Gasteiger partial charge in [-0.05, 0) is 18.6 Å². The van der Waals surface area contributed by atoms with Crippen LogP contribution in [0.3, 0.4) is 0 Å². The van der Waals surface area contributed by atoms with Gasteiger partial charge < -0.3 is 15.5 Å². The van der Waals surface area contributed by atoms with Crippen LogP contribution in [0.15, 0.2) is 12.1 Å². The van der Waals surface area contributed by atoms with Crippen molar-refractivity contribution < 1.29 is 24.6 Å². The van der Waals surface area contributed by atoms with Gasteiger partial charge in [-0.15, -0.1) is 11.3 Å². The van der Waals surface area contributed by atoms with E-state index in [-0.39, 0.29) is 17.7 Å². The summed E-state index contributed by atoms with van der Waals surface area (Å²) < 4.78 is 0.414. The van der Waals surface area contributed by atoms with Crippen LogP contribution in [-0.4, -0.2) is 34.1 Å². The maximum absolute atomic E-state index is 11.6. The molecule has 0 fully saturated rings.